The van der Waals surface area contributed by atoms with Gasteiger partial charge in [0.1, 0.15) is 6.54 Å². The number of piperazine rings is 1. The van der Waals surface area contributed by atoms with Crippen LogP contribution in [0, 0.1) is 0 Å². The molecular formula is C20H19ClN4O2. The van der Waals surface area contributed by atoms with Gasteiger partial charge in [-0.1, -0.05) is 23.7 Å². The van der Waals surface area contributed by atoms with Crippen molar-refractivity contribution < 1.29 is 4.79 Å². The first-order chi connectivity index (χ1) is 13.1. The van der Waals surface area contributed by atoms with Gasteiger partial charge in [0.05, 0.1) is 11.7 Å². The van der Waals surface area contributed by atoms with Crippen molar-refractivity contribution in [3.05, 3.63) is 70.0 Å². The molecule has 1 saturated heterocycles. The third-order valence-electron chi connectivity index (χ3n) is 4.87. The molecule has 27 heavy (non-hydrogen) atoms. The monoisotopic (exact) mass is 382 g/mol. The first-order valence-electron chi connectivity index (χ1n) is 8.85. The third-order valence-corrected chi connectivity index (χ3v) is 5.12. The van der Waals surface area contributed by atoms with E-state index >= 15 is 0 Å². The van der Waals surface area contributed by atoms with Gasteiger partial charge >= 0.3 is 0 Å². The first kappa shape index (κ1) is 17.5. The van der Waals surface area contributed by atoms with E-state index in [-0.39, 0.29) is 17.9 Å². The summed E-state index contributed by atoms with van der Waals surface area (Å²) in [5.74, 6) is 0.00654. The van der Waals surface area contributed by atoms with E-state index in [2.05, 4.69) is 10.00 Å². The van der Waals surface area contributed by atoms with Crippen molar-refractivity contribution >= 4 is 34.1 Å². The zero-order valence-electron chi connectivity index (χ0n) is 14.7. The van der Waals surface area contributed by atoms with Crippen LogP contribution in [0.15, 0.2) is 59.5 Å². The standard InChI is InChI=1S/C20H19ClN4O2/c21-15-5-7-16(8-6-15)23-9-11-24(12-10-23)20(27)14-25-18-4-2-1-3-17(18)19(26)13-22-25/h1-8,13H,9-12,14H2. The van der Waals surface area contributed by atoms with Crippen molar-refractivity contribution in [3.63, 3.8) is 0 Å². The van der Waals surface area contributed by atoms with Crippen molar-refractivity contribution in [3.8, 4) is 0 Å². The summed E-state index contributed by atoms with van der Waals surface area (Å²) in [6.07, 6.45) is 1.27. The van der Waals surface area contributed by atoms with Gasteiger partial charge in [0.2, 0.25) is 11.3 Å². The van der Waals surface area contributed by atoms with E-state index < -0.39 is 0 Å². The van der Waals surface area contributed by atoms with Crippen LogP contribution >= 0.6 is 11.6 Å². The SMILES string of the molecule is O=C(Cn1ncc(=O)c2ccccc21)N1CCN(c2ccc(Cl)cc2)CC1. The summed E-state index contributed by atoms with van der Waals surface area (Å²) >= 11 is 5.94. The highest BCUT2D eigenvalue weighted by Crippen LogP contribution is 2.19. The molecule has 0 bridgehead atoms. The Labute approximate surface area is 161 Å². The zero-order valence-corrected chi connectivity index (χ0v) is 15.5. The fourth-order valence-electron chi connectivity index (χ4n) is 3.38. The number of hydrogen-bond donors (Lipinski definition) is 0. The molecule has 6 nitrogen and oxygen atoms in total. The van der Waals surface area contributed by atoms with E-state index in [1.54, 1.807) is 10.7 Å². The number of benzene rings is 2. The number of carbonyl (C=O) groups excluding carboxylic acids is 1. The van der Waals surface area contributed by atoms with E-state index in [0.717, 1.165) is 18.8 Å². The van der Waals surface area contributed by atoms with Crippen LogP contribution in [0.4, 0.5) is 5.69 Å². The Morgan fingerprint density at radius 1 is 1.00 bits per heavy atom. The number of nitrogens with zero attached hydrogens (tertiary/aromatic N) is 4. The second kappa shape index (κ2) is 7.40. The fraction of sp³-hybridized carbons (Fsp3) is 0.250. The molecule has 0 spiro atoms. The smallest absolute Gasteiger partial charge is 0.244 e. The summed E-state index contributed by atoms with van der Waals surface area (Å²) in [7, 11) is 0. The lowest BCUT2D eigenvalue weighted by atomic mass is 10.2. The molecule has 1 aliphatic rings. The molecule has 1 aromatic heterocycles. The van der Waals surface area contributed by atoms with Gasteiger partial charge in [-0.05, 0) is 36.4 Å². The maximum atomic E-state index is 12.7. The molecular weight excluding hydrogens is 364 g/mol. The molecule has 2 heterocycles. The number of rotatable bonds is 3. The largest absolute Gasteiger partial charge is 0.368 e. The highest BCUT2D eigenvalue weighted by Gasteiger charge is 2.22. The molecule has 0 unspecified atom stereocenters. The second-order valence-corrected chi connectivity index (χ2v) is 6.96. The van der Waals surface area contributed by atoms with Crippen LogP contribution in [0.2, 0.25) is 5.02 Å². The second-order valence-electron chi connectivity index (χ2n) is 6.53. The van der Waals surface area contributed by atoms with Crippen molar-refractivity contribution in [2.24, 2.45) is 0 Å². The Morgan fingerprint density at radius 2 is 1.70 bits per heavy atom. The van der Waals surface area contributed by atoms with Crippen LogP contribution in [0.1, 0.15) is 0 Å². The Morgan fingerprint density at radius 3 is 2.44 bits per heavy atom. The molecule has 7 heteroatoms. The van der Waals surface area contributed by atoms with Gasteiger partial charge in [-0.3, -0.25) is 14.3 Å². The van der Waals surface area contributed by atoms with Crippen molar-refractivity contribution in [1.82, 2.24) is 14.7 Å². The van der Waals surface area contributed by atoms with Crippen LogP contribution < -0.4 is 10.3 Å². The summed E-state index contributed by atoms with van der Waals surface area (Å²) < 4.78 is 1.60. The van der Waals surface area contributed by atoms with Gasteiger partial charge in [0, 0.05) is 42.3 Å². The summed E-state index contributed by atoms with van der Waals surface area (Å²) in [4.78, 5) is 28.8. The van der Waals surface area contributed by atoms with E-state index in [9.17, 15) is 9.59 Å². The van der Waals surface area contributed by atoms with E-state index in [4.69, 9.17) is 11.6 Å². The number of aromatic nitrogens is 2. The molecule has 0 aliphatic carbocycles. The summed E-state index contributed by atoms with van der Waals surface area (Å²) in [5, 5.41) is 5.44. The molecule has 138 valence electrons. The highest BCUT2D eigenvalue weighted by molar-refractivity contribution is 6.30. The fourth-order valence-corrected chi connectivity index (χ4v) is 3.51. The number of halogens is 1. The first-order valence-corrected chi connectivity index (χ1v) is 9.23. The van der Waals surface area contributed by atoms with Crippen molar-refractivity contribution in [1.29, 1.82) is 0 Å². The van der Waals surface area contributed by atoms with Crippen LogP contribution in [0.3, 0.4) is 0 Å². The molecule has 1 amide bonds. The quantitative estimate of drug-likeness (QED) is 0.698. The number of para-hydroxylation sites is 1. The highest BCUT2D eigenvalue weighted by atomic mass is 35.5. The van der Waals surface area contributed by atoms with Gasteiger partial charge in [-0.15, -0.1) is 0 Å². The lowest BCUT2D eigenvalue weighted by Crippen LogP contribution is -2.49. The number of fused-ring (bicyclic) bond motifs is 1. The maximum Gasteiger partial charge on any atom is 0.244 e. The van der Waals surface area contributed by atoms with Crippen LogP contribution in [0.5, 0.6) is 0 Å². The number of amides is 1. The third kappa shape index (κ3) is 3.66. The van der Waals surface area contributed by atoms with Gasteiger partial charge in [0.25, 0.3) is 0 Å². The van der Waals surface area contributed by atoms with Gasteiger partial charge in [0.15, 0.2) is 0 Å². The average Bonchev–Trinajstić information content (AvgIpc) is 2.71. The predicted octanol–water partition coefficient (Wildman–Crippen LogP) is 2.40. The van der Waals surface area contributed by atoms with E-state index in [1.807, 2.05) is 47.4 Å². The van der Waals surface area contributed by atoms with Gasteiger partial charge in [-0.25, -0.2) is 0 Å². The van der Waals surface area contributed by atoms with E-state index in [1.165, 1.54) is 6.20 Å². The number of anilines is 1. The topological polar surface area (TPSA) is 58.4 Å². The van der Waals surface area contributed by atoms with Crippen molar-refractivity contribution in [2.45, 2.75) is 6.54 Å². The summed E-state index contributed by atoms with van der Waals surface area (Å²) in [5.41, 5.74) is 1.66. The average molecular weight is 383 g/mol. The lowest BCUT2D eigenvalue weighted by molar-refractivity contribution is -0.132. The summed E-state index contributed by atoms with van der Waals surface area (Å²) in [6.45, 7) is 2.97. The molecule has 0 atom stereocenters. The van der Waals surface area contributed by atoms with E-state index in [0.29, 0.717) is 29.0 Å². The van der Waals surface area contributed by atoms with Crippen LogP contribution in [0.25, 0.3) is 10.9 Å². The Hall–Kier alpha value is -2.86. The Kier molecular flexibility index (Phi) is 4.81. The minimum Gasteiger partial charge on any atom is -0.368 e. The molecule has 0 N–H and O–H groups in total. The predicted molar refractivity (Wildman–Crippen MR) is 106 cm³/mol. The van der Waals surface area contributed by atoms with Gasteiger partial charge < -0.3 is 9.80 Å². The molecule has 3 aromatic rings. The van der Waals surface area contributed by atoms with Crippen LogP contribution in [-0.2, 0) is 11.3 Å². The Balaban J connectivity index is 1.44. The minimum atomic E-state index is -0.133. The molecule has 1 aliphatic heterocycles. The van der Waals surface area contributed by atoms with Crippen molar-refractivity contribution in [2.75, 3.05) is 31.1 Å². The number of hydrogen-bond acceptors (Lipinski definition) is 4. The molecule has 0 saturated carbocycles. The Bertz CT molecular complexity index is 1020. The van der Waals surface area contributed by atoms with Gasteiger partial charge in [-0.2, -0.15) is 5.10 Å². The maximum absolute atomic E-state index is 12.7. The van der Waals surface area contributed by atoms with Crippen LogP contribution in [-0.4, -0.2) is 46.8 Å². The number of carbonyl (C=O) groups is 1. The normalized spacial score (nSPS) is 14.6. The molecule has 1 fully saturated rings. The molecule has 0 radical (unpaired) electrons. The zero-order chi connectivity index (χ0) is 18.8. The molecule has 4 rings (SSSR count). The minimum absolute atomic E-state index is 0.00654. The lowest BCUT2D eigenvalue weighted by Gasteiger charge is -2.36. The molecule has 2 aromatic carbocycles. The summed E-state index contributed by atoms with van der Waals surface area (Å²) in [6, 6.07) is 15.0.